The molecule has 4 rings (SSSR count). The minimum Gasteiger partial charge on any atom is -0.378 e. The number of nitrogens with zero attached hydrogens (tertiary/aromatic N) is 6. The molecule has 1 aliphatic heterocycles. The van der Waals surface area contributed by atoms with E-state index in [0.29, 0.717) is 19.0 Å². The van der Waals surface area contributed by atoms with Crippen LogP contribution in [-0.2, 0) is 16.1 Å². The first kappa shape index (κ1) is 14.5. The van der Waals surface area contributed by atoms with Gasteiger partial charge in [-0.15, -0.1) is 11.3 Å². The first-order valence-corrected chi connectivity index (χ1v) is 8.17. The molecule has 1 saturated heterocycles. The maximum atomic E-state index is 5.87. The zero-order chi connectivity index (χ0) is 15.6. The van der Waals surface area contributed by atoms with Crippen LogP contribution in [0.5, 0.6) is 0 Å². The maximum Gasteiger partial charge on any atom is 0.254 e. The summed E-state index contributed by atoms with van der Waals surface area (Å²) in [6.07, 6.45) is 3.30. The van der Waals surface area contributed by atoms with Gasteiger partial charge < -0.3 is 14.4 Å². The predicted molar refractivity (Wildman–Crippen MR) is 84.5 cm³/mol. The lowest BCUT2D eigenvalue weighted by molar-refractivity contribution is 0.0392. The van der Waals surface area contributed by atoms with Crippen LogP contribution in [0.2, 0.25) is 0 Å². The molecule has 1 atom stereocenters. The Bertz CT molecular complexity index is 790. The fraction of sp³-hybridized carbons (Fsp3) is 0.429. The highest BCUT2D eigenvalue weighted by molar-refractivity contribution is 7.09. The number of morpholine rings is 1. The maximum absolute atomic E-state index is 5.87. The molecule has 3 aromatic rings. The molecular formula is C14H16N6O2S. The highest BCUT2D eigenvalue weighted by Crippen LogP contribution is 2.27. The average Bonchev–Trinajstić information content (AvgIpc) is 3.26. The van der Waals surface area contributed by atoms with Gasteiger partial charge in [0.15, 0.2) is 0 Å². The van der Waals surface area contributed by atoms with Crippen LogP contribution < -0.4 is 4.90 Å². The molecule has 0 N–H and O–H groups in total. The molecule has 1 aliphatic rings. The van der Waals surface area contributed by atoms with Crippen molar-refractivity contribution >= 4 is 22.9 Å². The summed E-state index contributed by atoms with van der Waals surface area (Å²) in [5.41, 5.74) is 0.834. The van der Waals surface area contributed by atoms with E-state index in [4.69, 9.17) is 9.47 Å². The van der Waals surface area contributed by atoms with Crippen molar-refractivity contribution in [1.29, 1.82) is 0 Å². The third kappa shape index (κ3) is 2.78. The van der Waals surface area contributed by atoms with Crippen molar-refractivity contribution in [3.05, 3.63) is 34.7 Å². The molecule has 0 saturated carbocycles. The van der Waals surface area contributed by atoms with Crippen molar-refractivity contribution in [2.75, 3.05) is 31.7 Å². The minimum atomic E-state index is -0.0265. The van der Waals surface area contributed by atoms with Gasteiger partial charge in [0.05, 0.1) is 25.5 Å². The quantitative estimate of drug-likeness (QED) is 0.713. The lowest BCUT2D eigenvalue weighted by atomic mass is 10.2. The van der Waals surface area contributed by atoms with Gasteiger partial charge in [-0.1, -0.05) is 0 Å². The third-order valence-electron chi connectivity index (χ3n) is 3.70. The Hall–Kier alpha value is -2.10. The summed E-state index contributed by atoms with van der Waals surface area (Å²) in [5.74, 6) is 1.52. The monoisotopic (exact) mass is 332 g/mol. The lowest BCUT2D eigenvalue weighted by Gasteiger charge is -2.33. The molecule has 1 fully saturated rings. The molecule has 0 unspecified atom stereocenters. The van der Waals surface area contributed by atoms with Gasteiger partial charge in [-0.2, -0.15) is 14.6 Å². The molecular weight excluding hydrogens is 316 g/mol. The highest BCUT2D eigenvalue weighted by atomic mass is 32.1. The zero-order valence-electron chi connectivity index (χ0n) is 12.6. The molecule has 120 valence electrons. The van der Waals surface area contributed by atoms with E-state index in [0.717, 1.165) is 29.6 Å². The van der Waals surface area contributed by atoms with Crippen LogP contribution in [0.3, 0.4) is 0 Å². The van der Waals surface area contributed by atoms with Gasteiger partial charge in [0, 0.05) is 31.3 Å². The predicted octanol–water partition coefficient (Wildman–Crippen LogP) is 1.31. The van der Waals surface area contributed by atoms with E-state index in [-0.39, 0.29) is 6.10 Å². The van der Waals surface area contributed by atoms with Crippen LogP contribution in [-0.4, -0.2) is 51.4 Å². The Labute approximate surface area is 136 Å². The number of fused-ring (bicyclic) bond motifs is 1. The molecule has 3 aromatic heterocycles. The summed E-state index contributed by atoms with van der Waals surface area (Å²) in [6.45, 7) is 2.59. The van der Waals surface area contributed by atoms with Gasteiger partial charge in [-0.25, -0.2) is 9.97 Å². The van der Waals surface area contributed by atoms with E-state index in [1.807, 2.05) is 11.4 Å². The van der Waals surface area contributed by atoms with E-state index in [1.165, 1.54) is 6.33 Å². The Morgan fingerprint density at radius 2 is 2.39 bits per heavy atom. The lowest BCUT2D eigenvalue weighted by Crippen LogP contribution is -2.39. The SMILES string of the molecule is COCc1cc(N2CCO[C@@H](c3nccs3)C2)n2ncnc2n1. The fourth-order valence-electron chi connectivity index (χ4n) is 2.69. The number of methoxy groups -OCH3 is 1. The number of hydrogen-bond acceptors (Lipinski definition) is 8. The summed E-state index contributed by atoms with van der Waals surface area (Å²) >= 11 is 1.61. The van der Waals surface area contributed by atoms with E-state index in [1.54, 1.807) is 29.2 Å². The van der Waals surface area contributed by atoms with Gasteiger partial charge >= 0.3 is 0 Å². The van der Waals surface area contributed by atoms with Gasteiger partial charge in [0.1, 0.15) is 23.3 Å². The standard InChI is InChI=1S/C14H16N6O2S/c1-21-8-10-6-12(20-14(18-10)16-9-17-20)19-3-4-22-11(7-19)13-15-2-5-23-13/h2,5-6,9,11H,3-4,7-8H2,1H3/t11-/m1/s1. The van der Waals surface area contributed by atoms with E-state index in [2.05, 4.69) is 25.0 Å². The van der Waals surface area contributed by atoms with Crippen LogP contribution in [0.1, 0.15) is 16.8 Å². The molecule has 0 bridgehead atoms. The summed E-state index contributed by atoms with van der Waals surface area (Å²) < 4.78 is 12.8. The molecule has 9 heteroatoms. The molecule has 8 nitrogen and oxygen atoms in total. The van der Waals surface area contributed by atoms with Crippen molar-refractivity contribution < 1.29 is 9.47 Å². The third-order valence-corrected chi connectivity index (χ3v) is 4.56. The number of thiazole rings is 1. The van der Waals surface area contributed by atoms with Crippen molar-refractivity contribution in [2.24, 2.45) is 0 Å². The topological polar surface area (TPSA) is 77.7 Å². The summed E-state index contributed by atoms with van der Waals surface area (Å²) in [4.78, 5) is 15.2. The van der Waals surface area contributed by atoms with Crippen LogP contribution in [0.25, 0.3) is 5.78 Å². The van der Waals surface area contributed by atoms with E-state index in [9.17, 15) is 0 Å². The largest absolute Gasteiger partial charge is 0.378 e. The van der Waals surface area contributed by atoms with Crippen LogP contribution in [0, 0.1) is 0 Å². The average molecular weight is 332 g/mol. The number of hydrogen-bond donors (Lipinski definition) is 0. The van der Waals surface area contributed by atoms with Crippen LogP contribution in [0.4, 0.5) is 5.82 Å². The second kappa shape index (κ2) is 6.19. The zero-order valence-corrected chi connectivity index (χ0v) is 13.4. The smallest absolute Gasteiger partial charge is 0.254 e. The second-order valence-corrected chi connectivity index (χ2v) is 6.11. The summed E-state index contributed by atoms with van der Waals surface area (Å²) in [7, 11) is 1.66. The molecule has 0 spiro atoms. The molecule has 0 aliphatic carbocycles. The van der Waals surface area contributed by atoms with Crippen LogP contribution in [0.15, 0.2) is 24.0 Å². The number of rotatable bonds is 4. The van der Waals surface area contributed by atoms with Gasteiger partial charge in [0.25, 0.3) is 5.78 Å². The Morgan fingerprint density at radius 1 is 1.43 bits per heavy atom. The van der Waals surface area contributed by atoms with Gasteiger partial charge in [-0.3, -0.25) is 0 Å². The van der Waals surface area contributed by atoms with Crippen LogP contribution >= 0.6 is 11.3 Å². The van der Waals surface area contributed by atoms with Gasteiger partial charge in [-0.05, 0) is 0 Å². The second-order valence-electron chi connectivity index (χ2n) is 5.19. The van der Waals surface area contributed by atoms with Crippen molar-refractivity contribution in [3.63, 3.8) is 0 Å². The molecule has 0 amide bonds. The summed E-state index contributed by atoms with van der Waals surface area (Å²) in [5, 5.41) is 7.25. The van der Waals surface area contributed by atoms with Crippen molar-refractivity contribution in [2.45, 2.75) is 12.7 Å². The fourth-order valence-corrected chi connectivity index (χ4v) is 3.37. The summed E-state index contributed by atoms with van der Waals surface area (Å²) in [6, 6.07) is 2.00. The van der Waals surface area contributed by atoms with Gasteiger partial charge in [0.2, 0.25) is 0 Å². The Balaban J connectivity index is 1.68. The Kier molecular flexibility index (Phi) is 3.90. The normalized spacial score (nSPS) is 18.7. The molecule has 0 aromatic carbocycles. The molecule has 4 heterocycles. The highest BCUT2D eigenvalue weighted by Gasteiger charge is 2.26. The first-order valence-electron chi connectivity index (χ1n) is 7.29. The number of ether oxygens (including phenoxy) is 2. The molecule has 23 heavy (non-hydrogen) atoms. The van der Waals surface area contributed by atoms with E-state index >= 15 is 0 Å². The minimum absolute atomic E-state index is 0.0265. The number of aromatic nitrogens is 5. The van der Waals surface area contributed by atoms with Crippen molar-refractivity contribution in [3.8, 4) is 0 Å². The number of anilines is 1. The first-order chi connectivity index (χ1) is 11.3. The molecule has 0 radical (unpaired) electrons. The van der Waals surface area contributed by atoms with E-state index < -0.39 is 0 Å². The van der Waals surface area contributed by atoms with Crippen molar-refractivity contribution in [1.82, 2.24) is 24.6 Å². The Morgan fingerprint density at radius 3 is 3.22 bits per heavy atom.